The van der Waals surface area contributed by atoms with Crippen LogP contribution in [0.4, 0.5) is 5.69 Å². The lowest BCUT2D eigenvalue weighted by Crippen LogP contribution is -2.30. The van der Waals surface area contributed by atoms with Gasteiger partial charge >= 0.3 is 5.97 Å². The van der Waals surface area contributed by atoms with Crippen LogP contribution in [0.25, 0.3) is 0 Å². The van der Waals surface area contributed by atoms with E-state index >= 15 is 0 Å². The molecule has 1 aromatic carbocycles. The highest BCUT2D eigenvalue weighted by Gasteiger charge is 2.22. The predicted octanol–water partition coefficient (Wildman–Crippen LogP) is 0.559. The van der Waals surface area contributed by atoms with E-state index in [0.29, 0.717) is 17.8 Å². The number of carbonyl (C=O) groups is 3. The Balaban J connectivity index is 0.00000264. The topological polar surface area (TPSA) is 96.5 Å². The Hall–Kier alpha value is -2.12. The molecule has 3 N–H and O–H groups in total. The Kier molecular flexibility index (Phi) is 7.50. The summed E-state index contributed by atoms with van der Waals surface area (Å²) in [5.74, 6) is -0.915. The van der Waals surface area contributed by atoms with Gasteiger partial charge in [-0.1, -0.05) is 0 Å². The molecule has 0 spiro atoms. The van der Waals surface area contributed by atoms with E-state index in [1.54, 1.807) is 24.3 Å². The summed E-state index contributed by atoms with van der Waals surface area (Å²) in [6.07, 6.45) is 0.833. The van der Waals surface area contributed by atoms with Gasteiger partial charge in [0.05, 0.1) is 13.0 Å². The molecule has 0 aliphatic carbocycles. The second-order valence-electron chi connectivity index (χ2n) is 5.02. The van der Waals surface area contributed by atoms with Gasteiger partial charge in [0.2, 0.25) is 5.91 Å². The van der Waals surface area contributed by atoms with Crippen LogP contribution in [0.3, 0.4) is 0 Å². The van der Waals surface area contributed by atoms with E-state index in [-0.39, 0.29) is 36.7 Å². The molecule has 0 bridgehead atoms. The first-order valence-corrected chi connectivity index (χ1v) is 7.07. The molecule has 23 heavy (non-hydrogen) atoms. The molecule has 1 unspecified atom stereocenters. The fourth-order valence-corrected chi connectivity index (χ4v) is 2.15. The standard InChI is InChI=1S/C15H19N3O4.ClH/c1-22-13(19)9-17-14(20)10-2-4-12(5-3-10)18-15(21)11-6-7-16-8-11;/h2-5,11,16H,6-9H2,1H3,(H,17,20)(H,18,21);1H. The smallest absolute Gasteiger partial charge is 0.325 e. The second-order valence-corrected chi connectivity index (χ2v) is 5.02. The minimum Gasteiger partial charge on any atom is -0.468 e. The van der Waals surface area contributed by atoms with Crippen molar-refractivity contribution in [2.24, 2.45) is 5.92 Å². The van der Waals surface area contributed by atoms with Crippen molar-refractivity contribution >= 4 is 35.9 Å². The third-order valence-electron chi connectivity index (χ3n) is 3.47. The molecule has 126 valence electrons. The molecule has 0 aromatic heterocycles. The zero-order valence-corrected chi connectivity index (χ0v) is 13.6. The van der Waals surface area contributed by atoms with Gasteiger partial charge in [0, 0.05) is 17.8 Å². The van der Waals surface area contributed by atoms with Crippen molar-refractivity contribution in [3.05, 3.63) is 29.8 Å². The third kappa shape index (κ3) is 5.54. The average Bonchev–Trinajstić information content (AvgIpc) is 3.07. The van der Waals surface area contributed by atoms with E-state index in [1.807, 2.05) is 0 Å². The Labute approximate surface area is 140 Å². The second kappa shape index (κ2) is 9.12. The maximum atomic E-state index is 12.0. The minimum absolute atomic E-state index is 0. The van der Waals surface area contributed by atoms with Crippen LogP contribution >= 0.6 is 12.4 Å². The molecule has 8 heteroatoms. The van der Waals surface area contributed by atoms with Gasteiger partial charge in [0.15, 0.2) is 0 Å². The Morgan fingerprint density at radius 3 is 2.52 bits per heavy atom. The van der Waals surface area contributed by atoms with Crippen molar-refractivity contribution in [2.75, 3.05) is 32.1 Å². The number of rotatable bonds is 5. The maximum absolute atomic E-state index is 12.0. The van der Waals surface area contributed by atoms with Crippen LogP contribution in [-0.4, -0.2) is 44.5 Å². The quantitative estimate of drug-likeness (QED) is 0.680. The Morgan fingerprint density at radius 1 is 1.26 bits per heavy atom. The van der Waals surface area contributed by atoms with Crippen LogP contribution in [-0.2, 0) is 14.3 Å². The molecule has 0 saturated carbocycles. The molecule has 0 radical (unpaired) electrons. The van der Waals surface area contributed by atoms with Crippen molar-refractivity contribution in [2.45, 2.75) is 6.42 Å². The first kappa shape index (κ1) is 18.9. The molecule has 2 amide bonds. The number of anilines is 1. The molecule has 1 aliphatic heterocycles. The summed E-state index contributed by atoms with van der Waals surface area (Å²) in [4.78, 5) is 34.7. The summed E-state index contributed by atoms with van der Waals surface area (Å²) < 4.78 is 4.44. The fraction of sp³-hybridized carbons (Fsp3) is 0.400. The van der Waals surface area contributed by atoms with Gasteiger partial charge in [0.1, 0.15) is 6.54 Å². The lowest BCUT2D eigenvalue weighted by molar-refractivity contribution is -0.139. The Bertz CT molecular complexity index is 556. The van der Waals surface area contributed by atoms with Gasteiger partial charge in [-0.3, -0.25) is 14.4 Å². The summed E-state index contributed by atoms with van der Waals surface area (Å²) in [6, 6.07) is 6.50. The SMILES string of the molecule is COC(=O)CNC(=O)c1ccc(NC(=O)C2CCNC2)cc1.Cl. The molecule has 1 atom stereocenters. The van der Waals surface area contributed by atoms with Crippen molar-refractivity contribution in [1.29, 1.82) is 0 Å². The summed E-state index contributed by atoms with van der Waals surface area (Å²) in [5, 5.41) is 8.41. The van der Waals surface area contributed by atoms with Crippen LogP contribution in [0, 0.1) is 5.92 Å². The number of ether oxygens (including phenoxy) is 1. The van der Waals surface area contributed by atoms with Crippen LogP contribution in [0.1, 0.15) is 16.8 Å². The summed E-state index contributed by atoms with van der Waals surface area (Å²) in [7, 11) is 1.26. The van der Waals surface area contributed by atoms with Crippen molar-refractivity contribution in [3.8, 4) is 0 Å². The maximum Gasteiger partial charge on any atom is 0.325 e. The van der Waals surface area contributed by atoms with Gasteiger partial charge in [-0.2, -0.15) is 0 Å². The number of esters is 1. The average molecular weight is 342 g/mol. The number of nitrogens with one attached hydrogen (secondary N) is 3. The first-order valence-electron chi connectivity index (χ1n) is 7.07. The number of hydrogen-bond donors (Lipinski definition) is 3. The highest BCUT2D eigenvalue weighted by molar-refractivity contribution is 5.97. The third-order valence-corrected chi connectivity index (χ3v) is 3.47. The monoisotopic (exact) mass is 341 g/mol. The normalized spacial score (nSPS) is 16.1. The van der Waals surface area contributed by atoms with Crippen molar-refractivity contribution < 1.29 is 19.1 Å². The van der Waals surface area contributed by atoms with E-state index in [4.69, 9.17) is 0 Å². The van der Waals surface area contributed by atoms with Crippen molar-refractivity contribution in [3.63, 3.8) is 0 Å². The number of benzene rings is 1. The van der Waals surface area contributed by atoms with Gasteiger partial charge in [-0.15, -0.1) is 12.4 Å². The van der Waals surface area contributed by atoms with Gasteiger partial charge < -0.3 is 20.7 Å². The molecule has 2 rings (SSSR count). The van der Waals surface area contributed by atoms with Crippen LogP contribution in [0.15, 0.2) is 24.3 Å². The Morgan fingerprint density at radius 2 is 1.96 bits per heavy atom. The van der Waals surface area contributed by atoms with Gasteiger partial charge in [-0.25, -0.2) is 0 Å². The molecule has 1 fully saturated rings. The predicted molar refractivity (Wildman–Crippen MR) is 87.6 cm³/mol. The minimum atomic E-state index is -0.512. The molecular weight excluding hydrogens is 322 g/mol. The molecular formula is C15H20ClN3O4. The van der Waals surface area contributed by atoms with Gasteiger partial charge in [0.25, 0.3) is 5.91 Å². The van der Waals surface area contributed by atoms with Gasteiger partial charge in [-0.05, 0) is 37.2 Å². The lowest BCUT2D eigenvalue weighted by atomic mass is 10.1. The molecule has 1 aliphatic rings. The number of amides is 2. The molecule has 1 heterocycles. The van der Waals surface area contributed by atoms with Crippen LogP contribution in [0.2, 0.25) is 0 Å². The number of carbonyl (C=O) groups excluding carboxylic acids is 3. The number of methoxy groups -OCH3 is 1. The van der Waals surface area contributed by atoms with E-state index in [0.717, 1.165) is 13.0 Å². The van der Waals surface area contributed by atoms with E-state index in [1.165, 1.54) is 7.11 Å². The number of hydrogen-bond acceptors (Lipinski definition) is 5. The largest absolute Gasteiger partial charge is 0.468 e. The fourth-order valence-electron chi connectivity index (χ4n) is 2.15. The van der Waals surface area contributed by atoms with Crippen molar-refractivity contribution in [1.82, 2.24) is 10.6 Å². The number of halogens is 1. The lowest BCUT2D eigenvalue weighted by Gasteiger charge is -2.10. The van der Waals surface area contributed by atoms with Crippen LogP contribution in [0.5, 0.6) is 0 Å². The zero-order valence-electron chi connectivity index (χ0n) is 12.8. The summed E-state index contributed by atoms with van der Waals surface area (Å²) in [6.45, 7) is 1.37. The first-order chi connectivity index (χ1) is 10.6. The zero-order chi connectivity index (χ0) is 15.9. The van der Waals surface area contributed by atoms with E-state index < -0.39 is 5.97 Å². The molecule has 1 aromatic rings. The molecule has 1 saturated heterocycles. The van der Waals surface area contributed by atoms with E-state index in [2.05, 4.69) is 20.7 Å². The highest BCUT2D eigenvalue weighted by Crippen LogP contribution is 2.14. The highest BCUT2D eigenvalue weighted by atomic mass is 35.5. The summed E-state index contributed by atoms with van der Waals surface area (Å²) in [5.41, 5.74) is 1.05. The molecule has 7 nitrogen and oxygen atoms in total. The van der Waals surface area contributed by atoms with E-state index in [9.17, 15) is 14.4 Å². The summed E-state index contributed by atoms with van der Waals surface area (Å²) >= 11 is 0. The van der Waals surface area contributed by atoms with Crippen LogP contribution < -0.4 is 16.0 Å².